The average Bonchev–Trinajstić information content (AvgIpc) is 2.76. The van der Waals surface area contributed by atoms with Crippen molar-refractivity contribution in [2.45, 2.75) is 93.9 Å². The summed E-state index contributed by atoms with van der Waals surface area (Å²) in [6, 6.07) is 21.2. The molecule has 0 bridgehead atoms. The molecule has 0 aliphatic carbocycles. The van der Waals surface area contributed by atoms with E-state index in [2.05, 4.69) is 125 Å². The van der Waals surface area contributed by atoms with E-state index in [-0.39, 0.29) is 0 Å². The van der Waals surface area contributed by atoms with Crippen LogP contribution in [-0.2, 0) is 0 Å². The molecular formula is C33H46Sn. The summed E-state index contributed by atoms with van der Waals surface area (Å²) in [7, 11) is 0. The van der Waals surface area contributed by atoms with Crippen LogP contribution >= 0.6 is 0 Å². The van der Waals surface area contributed by atoms with Crippen molar-refractivity contribution in [1.82, 2.24) is 0 Å². The standard InChI is InChI=1S/C30H37.3CH3.Sn/c1-19(2)25-14-10-15-26(20(3)4)29(25)23-12-9-13-24(18-23)30-27(21(5)6)16-11-17-28(30)22(7)8;;;;/h9-17,19-22H,1-8H3;3*1H3;. The van der Waals surface area contributed by atoms with Crippen molar-refractivity contribution < 1.29 is 0 Å². The average molecular weight is 561 g/mol. The molecule has 182 valence electrons. The molecule has 0 radical (unpaired) electrons. The third kappa shape index (κ3) is 5.32. The molecule has 0 nitrogen and oxygen atoms in total. The minimum absolute atomic E-state index is 0.495. The zero-order valence-corrected chi connectivity index (χ0v) is 26.4. The maximum atomic E-state index is 2.59. The second kappa shape index (κ2) is 10.6. The van der Waals surface area contributed by atoms with Crippen molar-refractivity contribution in [3.8, 4) is 22.3 Å². The van der Waals surface area contributed by atoms with Gasteiger partial charge in [-0.1, -0.05) is 0 Å². The molecule has 0 saturated heterocycles. The molecule has 0 aromatic heterocycles. The molecule has 3 aromatic rings. The Hall–Kier alpha value is -1.54. The van der Waals surface area contributed by atoms with E-state index in [1.807, 2.05) is 0 Å². The Morgan fingerprint density at radius 1 is 0.441 bits per heavy atom. The van der Waals surface area contributed by atoms with Gasteiger partial charge in [0.25, 0.3) is 0 Å². The molecule has 0 fully saturated rings. The zero-order valence-electron chi connectivity index (χ0n) is 23.5. The van der Waals surface area contributed by atoms with Gasteiger partial charge in [-0.3, -0.25) is 0 Å². The molecule has 0 aliphatic heterocycles. The summed E-state index contributed by atoms with van der Waals surface area (Å²) in [5, 5.41) is 0. The van der Waals surface area contributed by atoms with Gasteiger partial charge in [-0.15, -0.1) is 0 Å². The quantitative estimate of drug-likeness (QED) is 0.252. The van der Waals surface area contributed by atoms with Crippen LogP contribution in [0.15, 0.2) is 54.6 Å². The Morgan fingerprint density at radius 2 is 0.706 bits per heavy atom. The molecule has 0 atom stereocenters. The molecule has 0 aliphatic rings. The van der Waals surface area contributed by atoms with E-state index >= 15 is 0 Å². The Labute approximate surface area is 214 Å². The Bertz CT molecular complexity index is 1010. The molecule has 0 saturated carbocycles. The summed E-state index contributed by atoms with van der Waals surface area (Å²) in [6.07, 6.45) is 0. The molecule has 0 amide bonds. The number of hydrogen-bond donors (Lipinski definition) is 0. The fourth-order valence-corrected chi connectivity index (χ4v) is 11.3. The van der Waals surface area contributed by atoms with Crippen LogP contribution in [0.4, 0.5) is 0 Å². The molecule has 3 rings (SSSR count). The summed E-state index contributed by atoms with van der Waals surface area (Å²) >= 11 is -2.60. The second-order valence-electron chi connectivity index (χ2n) is 12.2. The van der Waals surface area contributed by atoms with Gasteiger partial charge < -0.3 is 0 Å². The topological polar surface area (TPSA) is 0 Å². The Balaban J connectivity index is 2.54. The molecule has 0 spiro atoms. The van der Waals surface area contributed by atoms with Crippen molar-refractivity contribution in [3.63, 3.8) is 0 Å². The first kappa shape index (κ1) is 27.1. The van der Waals surface area contributed by atoms with Gasteiger partial charge in [-0.05, 0) is 0 Å². The zero-order chi connectivity index (χ0) is 25.4. The maximum absolute atomic E-state index is 2.60. The monoisotopic (exact) mass is 562 g/mol. The molecule has 0 heterocycles. The number of benzene rings is 3. The SMILES string of the molecule is CC(C)c1cccc(C(C)C)c1-c1cccc(-c2c(C(C)C)cccc2C(C)C)[c]1[Sn]([CH3])([CH3])[CH3]. The van der Waals surface area contributed by atoms with E-state index < -0.39 is 18.4 Å². The molecule has 3 aromatic carbocycles. The van der Waals surface area contributed by atoms with Crippen LogP contribution in [0.25, 0.3) is 22.3 Å². The Kier molecular flexibility index (Phi) is 8.44. The first-order chi connectivity index (χ1) is 15.9. The molecule has 0 N–H and O–H groups in total. The number of rotatable bonds is 7. The van der Waals surface area contributed by atoms with Gasteiger partial charge in [0, 0.05) is 0 Å². The fourth-order valence-electron chi connectivity index (χ4n) is 5.50. The predicted molar refractivity (Wildman–Crippen MR) is 157 cm³/mol. The molecular weight excluding hydrogens is 515 g/mol. The van der Waals surface area contributed by atoms with E-state index in [4.69, 9.17) is 0 Å². The van der Waals surface area contributed by atoms with Crippen molar-refractivity contribution >= 4 is 22.0 Å². The third-order valence-electron chi connectivity index (χ3n) is 7.10. The Morgan fingerprint density at radius 3 is 0.941 bits per heavy atom. The van der Waals surface area contributed by atoms with E-state index in [0.717, 1.165) is 0 Å². The molecule has 1 heteroatoms. The summed E-state index contributed by atoms with van der Waals surface area (Å²) in [6.45, 7) is 18.8. The first-order valence-electron chi connectivity index (χ1n) is 13.3. The van der Waals surface area contributed by atoms with Gasteiger partial charge >= 0.3 is 215 Å². The van der Waals surface area contributed by atoms with Crippen LogP contribution in [-0.4, -0.2) is 18.4 Å². The van der Waals surface area contributed by atoms with Crippen LogP contribution in [0.5, 0.6) is 0 Å². The van der Waals surface area contributed by atoms with Crippen molar-refractivity contribution in [2.24, 2.45) is 0 Å². The van der Waals surface area contributed by atoms with Crippen LogP contribution in [0.1, 0.15) is 101 Å². The summed E-state index contributed by atoms with van der Waals surface area (Å²) in [5.74, 6) is 1.98. The number of hydrogen-bond acceptors (Lipinski definition) is 0. The van der Waals surface area contributed by atoms with E-state index in [1.54, 1.807) is 3.58 Å². The van der Waals surface area contributed by atoms with Crippen LogP contribution in [0.2, 0.25) is 14.8 Å². The van der Waals surface area contributed by atoms with Gasteiger partial charge in [0.05, 0.1) is 0 Å². The minimum atomic E-state index is -2.60. The van der Waals surface area contributed by atoms with E-state index in [1.165, 1.54) is 44.5 Å². The van der Waals surface area contributed by atoms with Crippen molar-refractivity contribution in [3.05, 3.63) is 76.9 Å². The predicted octanol–water partition coefficient (Wildman–Crippen LogP) is 10.1. The molecule has 0 unspecified atom stereocenters. The van der Waals surface area contributed by atoms with E-state index in [9.17, 15) is 0 Å². The summed E-state index contributed by atoms with van der Waals surface area (Å²) < 4.78 is 1.68. The van der Waals surface area contributed by atoms with Crippen LogP contribution < -0.4 is 3.58 Å². The molecule has 34 heavy (non-hydrogen) atoms. The normalized spacial score (nSPS) is 12.4. The van der Waals surface area contributed by atoms with Crippen LogP contribution in [0, 0.1) is 0 Å². The van der Waals surface area contributed by atoms with E-state index in [0.29, 0.717) is 23.7 Å². The summed E-state index contributed by atoms with van der Waals surface area (Å²) in [4.78, 5) is 7.78. The summed E-state index contributed by atoms with van der Waals surface area (Å²) in [5.41, 5.74) is 12.0. The second-order valence-corrected chi connectivity index (χ2v) is 26.5. The first-order valence-corrected chi connectivity index (χ1v) is 23.2. The van der Waals surface area contributed by atoms with Gasteiger partial charge in [0.15, 0.2) is 0 Å². The third-order valence-corrected chi connectivity index (χ3v) is 12.9. The van der Waals surface area contributed by atoms with Crippen LogP contribution in [0.3, 0.4) is 0 Å². The van der Waals surface area contributed by atoms with Gasteiger partial charge in [-0.25, -0.2) is 0 Å². The van der Waals surface area contributed by atoms with Crippen molar-refractivity contribution in [1.29, 1.82) is 0 Å². The van der Waals surface area contributed by atoms with Gasteiger partial charge in [0.1, 0.15) is 0 Å². The van der Waals surface area contributed by atoms with Gasteiger partial charge in [-0.2, -0.15) is 0 Å². The van der Waals surface area contributed by atoms with Gasteiger partial charge in [0.2, 0.25) is 0 Å². The fraction of sp³-hybridized carbons (Fsp3) is 0.455. The van der Waals surface area contributed by atoms with Crippen molar-refractivity contribution in [2.75, 3.05) is 0 Å².